The number of imidazole rings is 1. The van der Waals surface area contributed by atoms with E-state index in [4.69, 9.17) is 5.11 Å². The van der Waals surface area contributed by atoms with Gasteiger partial charge in [-0.2, -0.15) is 0 Å². The van der Waals surface area contributed by atoms with Crippen molar-refractivity contribution < 1.29 is 9.90 Å². The number of carboxylic acid groups (broad SMARTS) is 1. The van der Waals surface area contributed by atoms with Crippen molar-refractivity contribution in [1.29, 1.82) is 0 Å². The fourth-order valence-electron chi connectivity index (χ4n) is 1.58. The van der Waals surface area contributed by atoms with Crippen molar-refractivity contribution in [3.8, 4) is 5.69 Å². The predicted molar refractivity (Wildman–Crippen MR) is 59.6 cm³/mol. The summed E-state index contributed by atoms with van der Waals surface area (Å²) in [6, 6.07) is 7.44. The second-order valence-corrected chi connectivity index (χ2v) is 3.64. The van der Waals surface area contributed by atoms with Crippen LogP contribution in [0.25, 0.3) is 5.69 Å². The first-order chi connectivity index (χ1) is 7.66. The number of hydrogen-bond donors (Lipinski definition) is 1. The molecule has 0 aliphatic heterocycles. The fourth-order valence-corrected chi connectivity index (χ4v) is 1.58. The molecule has 2 aromatic rings. The third kappa shape index (κ3) is 2.11. The van der Waals surface area contributed by atoms with E-state index in [1.165, 1.54) is 0 Å². The zero-order valence-electron chi connectivity index (χ0n) is 8.92. The van der Waals surface area contributed by atoms with E-state index in [2.05, 4.69) is 4.98 Å². The highest BCUT2D eigenvalue weighted by Gasteiger charge is 2.02. The molecule has 0 unspecified atom stereocenters. The molecule has 0 bridgehead atoms. The minimum absolute atomic E-state index is 0.0587. The molecule has 0 fully saturated rings. The molecule has 0 atom stereocenters. The number of aliphatic carboxylic acids is 1. The van der Waals surface area contributed by atoms with E-state index in [0.717, 1.165) is 16.9 Å². The number of hydrogen-bond acceptors (Lipinski definition) is 2. The number of carboxylic acids is 1. The average molecular weight is 216 g/mol. The lowest BCUT2D eigenvalue weighted by atomic mass is 10.1. The maximum absolute atomic E-state index is 10.5. The van der Waals surface area contributed by atoms with E-state index >= 15 is 0 Å². The first-order valence-corrected chi connectivity index (χ1v) is 4.97. The van der Waals surface area contributed by atoms with Gasteiger partial charge in [0.2, 0.25) is 0 Å². The summed E-state index contributed by atoms with van der Waals surface area (Å²) in [6.45, 7) is 1.97. The smallest absolute Gasteiger partial charge is 0.307 e. The maximum atomic E-state index is 10.5. The SMILES string of the molecule is Cc1cncn1-c1ccc(CC(=O)O)cc1. The molecule has 0 saturated heterocycles. The van der Waals surface area contributed by atoms with Gasteiger partial charge < -0.3 is 9.67 Å². The van der Waals surface area contributed by atoms with Crippen molar-refractivity contribution in [2.24, 2.45) is 0 Å². The van der Waals surface area contributed by atoms with Gasteiger partial charge in [0.1, 0.15) is 0 Å². The fraction of sp³-hybridized carbons (Fsp3) is 0.167. The molecule has 0 radical (unpaired) electrons. The van der Waals surface area contributed by atoms with E-state index in [1.807, 2.05) is 35.8 Å². The zero-order valence-corrected chi connectivity index (χ0v) is 8.92. The Labute approximate surface area is 93.2 Å². The van der Waals surface area contributed by atoms with Gasteiger partial charge in [-0.05, 0) is 24.6 Å². The van der Waals surface area contributed by atoms with Gasteiger partial charge >= 0.3 is 5.97 Å². The molecule has 1 aromatic heterocycles. The van der Waals surface area contributed by atoms with Gasteiger partial charge in [-0.1, -0.05) is 12.1 Å². The van der Waals surface area contributed by atoms with E-state index in [1.54, 1.807) is 12.5 Å². The van der Waals surface area contributed by atoms with E-state index in [-0.39, 0.29) is 6.42 Å². The highest BCUT2D eigenvalue weighted by molar-refractivity contribution is 5.70. The molecule has 0 spiro atoms. The summed E-state index contributed by atoms with van der Waals surface area (Å²) in [5.41, 5.74) is 2.84. The number of rotatable bonds is 3. The normalized spacial score (nSPS) is 10.3. The lowest BCUT2D eigenvalue weighted by Crippen LogP contribution is -2.00. The number of nitrogens with zero attached hydrogens (tertiary/aromatic N) is 2. The van der Waals surface area contributed by atoms with Crippen molar-refractivity contribution in [2.75, 3.05) is 0 Å². The standard InChI is InChI=1S/C12H12N2O2/c1-9-7-13-8-14(9)11-4-2-10(3-5-11)6-12(15)16/h2-5,7-8H,6H2,1H3,(H,15,16). The van der Waals surface area contributed by atoms with Crippen molar-refractivity contribution in [3.05, 3.63) is 48.0 Å². The van der Waals surface area contributed by atoms with Crippen molar-refractivity contribution in [1.82, 2.24) is 9.55 Å². The summed E-state index contributed by atoms with van der Waals surface area (Å²) in [4.78, 5) is 14.6. The van der Waals surface area contributed by atoms with Crippen molar-refractivity contribution in [2.45, 2.75) is 13.3 Å². The maximum Gasteiger partial charge on any atom is 0.307 e. The summed E-state index contributed by atoms with van der Waals surface area (Å²) in [5.74, 6) is -0.813. The van der Waals surface area contributed by atoms with E-state index < -0.39 is 5.97 Å². The van der Waals surface area contributed by atoms with Crippen LogP contribution in [0.1, 0.15) is 11.3 Å². The molecule has 1 heterocycles. The van der Waals surface area contributed by atoms with Gasteiger partial charge in [0.05, 0.1) is 12.7 Å². The third-order valence-corrected chi connectivity index (χ3v) is 2.39. The Hall–Kier alpha value is -2.10. The van der Waals surface area contributed by atoms with Gasteiger partial charge in [0.25, 0.3) is 0 Å². The monoisotopic (exact) mass is 216 g/mol. The molecule has 1 N–H and O–H groups in total. The zero-order chi connectivity index (χ0) is 11.5. The Morgan fingerprint density at radius 3 is 2.56 bits per heavy atom. The van der Waals surface area contributed by atoms with Crippen LogP contribution in [-0.2, 0) is 11.2 Å². The summed E-state index contributed by atoms with van der Waals surface area (Å²) < 4.78 is 1.95. The van der Waals surface area contributed by atoms with Crippen molar-refractivity contribution in [3.63, 3.8) is 0 Å². The van der Waals surface area contributed by atoms with E-state index in [9.17, 15) is 4.79 Å². The Kier molecular flexibility index (Phi) is 2.72. The number of aryl methyl sites for hydroxylation is 1. The predicted octanol–water partition coefficient (Wildman–Crippen LogP) is 1.81. The quantitative estimate of drug-likeness (QED) is 0.851. The van der Waals surface area contributed by atoms with Gasteiger partial charge in [-0.3, -0.25) is 4.79 Å². The van der Waals surface area contributed by atoms with Crippen LogP contribution in [-0.4, -0.2) is 20.6 Å². The molecule has 0 amide bonds. The molecule has 0 aliphatic rings. The van der Waals surface area contributed by atoms with Gasteiger partial charge in [-0.15, -0.1) is 0 Å². The van der Waals surface area contributed by atoms with Crippen LogP contribution in [0.15, 0.2) is 36.8 Å². The lowest BCUT2D eigenvalue weighted by molar-refractivity contribution is -0.136. The molecule has 0 aliphatic carbocycles. The topological polar surface area (TPSA) is 55.1 Å². The molecule has 0 saturated carbocycles. The highest BCUT2D eigenvalue weighted by Crippen LogP contribution is 2.12. The summed E-state index contributed by atoms with van der Waals surface area (Å²) in [5, 5.41) is 8.65. The van der Waals surface area contributed by atoms with Crippen LogP contribution >= 0.6 is 0 Å². The van der Waals surface area contributed by atoms with Crippen LogP contribution < -0.4 is 0 Å². The van der Waals surface area contributed by atoms with Crippen LogP contribution in [0, 0.1) is 6.92 Å². The number of benzene rings is 1. The van der Waals surface area contributed by atoms with Gasteiger partial charge in [0.15, 0.2) is 0 Å². The molecular weight excluding hydrogens is 204 g/mol. The van der Waals surface area contributed by atoms with E-state index in [0.29, 0.717) is 0 Å². The summed E-state index contributed by atoms with van der Waals surface area (Å²) in [6.07, 6.45) is 3.58. The minimum atomic E-state index is -0.813. The molecule has 4 nitrogen and oxygen atoms in total. The molecule has 82 valence electrons. The molecule has 4 heteroatoms. The summed E-state index contributed by atoms with van der Waals surface area (Å²) >= 11 is 0. The minimum Gasteiger partial charge on any atom is -0.481 e. The first kappa shape index (κ1) is 10.4. The molecule has 2 rings (SSSR count). The highest BCUT2D eigenvalue weighted by atomic mass is 16.4. The average Bonchev–Trinajstić information content (AvgIpc) is 2.65. The van der Waals surface area contributed by atoms with Crippen molar-refractivity contribution >= 4 is 5.97 Å². The second kappa shape index (κ2) is 4.18. The Morgan fingerprint density at radius 2 is 2.06 bits per heavy atom. The second-order valence-electron chi connectivity index (χ2n) is 3.64. The lowest BCUT2D eigenvalue weighted by Gasteiger charge is -2.05. The molecular formula is C12H12N2O2. The van der Waals surface area contributed by atoms with Crippen LogP contribution in [0.3, 0.4) is 0 Å². The van der Waals surface area contributed by atoms with Crippen LogP contribution in [0.5, 0.6) is 0 Å². The Balaban J connectivity index is 2.26. The van der Waals surface area contributed by atoms with Crippen LogP contribution in [0.2, 0.25) is 0 Å². The number of carbonyl (C=O) groups is 1. The van der Waals surface area contributed by atoms with Crippen LogP contribution in [0.4, 0.5) is 0 Å². The molecule has 16 heavy (non-hydrogen) atoms. The largest absolute Gasteiger partial charge is 0.481 e. The number of aromatic nitrogens is 2. The third-order valence-electron chi connectivity index (χ3n) is 2.39. The first-order valence-electron chi connectivity index (χ1n) is 4.97. The van der Waals surface area contributed by atoms with Gasteiger partial charge in [-0.25, -0.2) is 4.98 Å². The van der Waals surface area contributed by atoms with Gasteiger partial charge in [0, 0.05) is 17.6 Å². The molecule has 1 aromatic carbocycles. The Morgan fingerprint density at radius 1 is 1.38 bits per heavy atom. The summed E-state index contributed by atoms with van der Waals surface area (Å²) in [7, 11) is 0. The Bertz CT molecular complexity index is 500.